The Kier molecular flexibility index (Phi) is 5.03. The van der Waals surface area contributed by atoms with Crippen LogP contribution in [0, 0.1) is 0 Å². The Morgan fingerprint density at radius 2 is 2.08 bits per heavy atom. The number of halogens is 1. The summed E-state index contributed by atoms with van der Waals surface area (Å²) in [6, 6.07) is 0. The summed E-state index contributed by atoms with van der Waals surface area (Å²) in [7, 11) is 6.30. The molecule has 1 atom stereocenters. The molecular formula is C9H18ClN2O+. The van der Waals surface area contributed by atoms with E-state index in [2.05, 4.69) is 21.1 Å². The average Bonchev–Trinajstić information content (AvgIpc) is 1.95. The van der Waals surface area contributed by atoms with Crippen LogP contribution in [0.2, 0.25) is 0 Å². The van der Waals surface area contributed by atoms with Crippen molar-refractivity contribution in [3.63, 3.8) is 0 Å². The van der Waals surface area contributed by atoms with Gasteiger partial charge in [0, 0.05) is 12.5 Å². The third-order valence-corrected chi connectivity index (χ3v) is 1.91. The first kappa shape index (κ1) is 12.5. The number of primary amides is 1. The highest BCUT2D eigenvalue weighted by Crippen LogP contribution is 2.06. The minimum Gasteiger partial charge on any atom is -0.366 e. The Hall–Kier alpha value is -0.540. The molecule has 0 aliphatic heterocycles. The van der Waals surface area contributed by atoms with E-state index < -0.39 is 5.91 Å². The van der Waals surface area contributed by atoms with E-state index in [1.807, 2.05) is 0 Å². The van der Waals surface area contributed by atoms with Crippen molar-refractivity contribution < 1.29 is 9.28 Å². The molecule has 0 heterocycles. The molecule has 0 bridgehead atoms. The maximum absolute atomic E-state index is 10.4. The summed E-state index contributed by atoms with van der Waals surface area (Å²) in [5.74, 6) is -0.448. The van der Waals surface area contributed by atoms with E-state index in [4.69, 9.17) is 17.3 Å². The molecular weight excluding hydrogens is 188 g/mol. The van der Waals surface area contributed by atoms with E-state index in [-0.39, 0.29) is 5.38 Å². The maximum Gasteiger partial charge on any atom is 0.241 e. The zero-order valence-electron chi connectivity index (χ0n) is 8.46. The minimum atomic E-state index is -0.448. The first-order valence-corrected chi connectivity index (χ1v) is 4.67. The van der Waals surface area contributed by atoms with Crippen molar-refractivity contribution in [2.45, 2.75) is 11.8 Å². The van der Waals surface area contributed by atoms with Gasteiger partial charge in [-0.3, -0.25) is 4.79 Å². The summed E-state index contributed by atoms with van der Waals surface area (Å²) in [6.45, 7) is 0.970. The van der Waals surface area contributed by atoms with Crippen molar-refractivity contribution in [3.05, 3.63) is 12.2 Å². The molecule has 0 fully saturated rings. The number of rotatable bonds is 5. The molecule has 2 N–H and O–H groups in total. The Morgan fingerprint density at radius 1 is 1.54 bits per heavy atom. The fraction of sp³-hybridized carbons (Fsp3) is 0.667. The van der Waals surface area contributed by atoms with Crippen LogP contribution < -0.4 is 5.73 Å². The van der Waals surface area contributed by atoms with Crippen molar-refractivity contribution in [1.82, 2.24) is 0 Å². The largest absolute Gasteiger partial charge is 0.366 e. The number of hydrogen-bond donors (Lipinski definition) is 1. The smallest absolute Gasteiger partial charge is 0.241 e. The highest BCUT2D eigenvalue weighted by Gasteiger charge is 2.09. The molecule has 0 saturated heterocycles. The lowest BCUT2D eigenvalue weighted by atomic mass is 10.2. The van der Waals surface area contributed by atoms with Gasteiger partial charge in [-0.25, -0.2) is 0 Å². The van der Waals surface area contributed by atoms with Gasteiger partial charge in [-0.15, -0.1) is 11.6 Å². The number of quaternary nitrogens is 1. The molecule has 0 saturated carbocycles. The number of nitrogens with two attached hydrogens (primary N) is 1. The normalized spacial score (nSPS) is 14.8. The summed E-state index contributed by atoms with van der Waals surface area (Å²) < 4.78 is 0.869. The van der Waals surface area contributed by atoms with Gasteiger partial charge in [-0.1, -0.05) is 6.08 Å². The molecule has 0 aliphatic rings. The summed E-state index contributed by atoms with van der Waals surface area (Å²) in [4.78, 5) is 10.4. The average molecular weight is 206 g/mol. The van der Waals surface area contributed by atoms with Gasteiger partial charge in [0.1, 0.15) is 0 Å². The van der Waals surface area contributed by atoms with Gasteiger partial charge in [0.2, 0.25) is 5.91 Å². The maximum atomic E-state index is 10.4. The molecule has 76 valence electrons. The predicted molar refractivity (Wildman–Crippen MR) is 55.5 cm³/mol. The highest BCUT2D eigenvalue weighted by molar-refractivity contribution is 6.22. The van der Waals surface area contributed by atoms with Crippen LogP contribution in [0.3, 0.4) is 0 Å². The molecule has 4 heteroatoms. The Bertz CT molecular complexity index is 196. The lowest BCUT2D eigenvalue weighted by molar-refractivity contribution is -0.870. The predicted octanol–water partition coefficient (Wildman–Crippen LogP) is 0.732. The molecule has 1 amide bonds. The number of allylic oxidation sites excluding steroid dienone is 1. The number of amides is 1. The Labute approximate surface area is 84.7 Å². The van der Waals surface area contributed by atoms with Crippen molar-refractivity contribution in [2.75, 3.05) is 27.7 Å². The van der Waals surface area contributed by atoms with E-state index in [1.165, 1.54) is 6.08 Å². The SMILES string of the molecule is C[N+](C)(C)CCC(Cl)C=CC(N)=O. The third kappa shape index (κ3) is 9.37. The van der Waals surface area contributed by atoms with Crippen LogP contribution in [-0.2, 0) is 4.79 Å². The number of hydrogen-bond acceptors (Lipinski definition) is 1. The molecule has 0 aliphatic carbocycles. The topological polar surface area (TPSA) is 43.1 Å². The molecule has 0 aromatic rings. The van der Waals surface area contributed by atoms with Crippen LogP contribution in [0.5, 0.6) is 0 Å². The number of carbonyl (C=O) groups is 1. The summed E-state index contributed by atoms with van der Waals surface area (Å²) in [5, 5.41) is -0.107. The standard InChI is InChI=1S/C9H17ClN2O/c1-12(2,3)7-6-8(10)4-5-9(11)13/h4-5,8H,6-7H2,1-3H3,(H-,11,13)/p+1. The molecule has 0 aromatic heterocycles. The van der Waals surface area contributed by atoms with Gasteiger partial charge in [-0.05, 0) is 0 Å². The molecule has 0 radical (unpaired) electrons. The van der Waals surface area contributed by atoms with Gasteiger partial charge in [0.25, 0.3) is 0 Å². The molecule has 3 nitrogen and oxygen atoms in total. The lowest BCUT2D eigenvalue weighted by Gasteiger charge is -2.24. The van der Waals surface area contributed by atoms with Gasteiger partial charge in [0.15, 0.2) is 0 Å². The second-order valence-electron chi connectivity index (χ2n) is 4.08. The van der Waals surface area contributed by atoms with Crippen LogP contribution in [0.1, 0.15) is 6.42 Å². The van der Waals surface area contributed by atoms with Crippen molar-refractivity contribution in [3.8, 4) is 0 Å². The van der Waals surface area contributed by atoms with E-state index in [9.17, 15) is 4.79 Å². The van der Waals surface area contributed by atoms with Gasteiger partial charge >= 0.3 is 0 Å². The fourth-order valence-corrected chi connectivity index (χ4v) is 0.976. The van der Waals surface area contributed by atoms with Gasteiger partial charge in [-0.2, -0.15) is 0 Å². The number of nitrogens with zero attached hydrogens (tertiary/aromatic N) is 1. The molecule has 13 heavy (non-hydrogen) atoms. The molecule has 0 spiro atoms. The van der Waals surface area contributed by atoms with Crippen LogP contribution >= 0.6 is 11.6 Å². The molecule has 1 unspecified atom stereocenters. The lowest BCUT2D eigenvalue weighted by Crippen LogP contribution is -2.36. The van der Waals surface area contributed by atoms with Crippen molar-refractivity contribution >= 4 is 17.5 Å². The Balaban J connectivity index is 3.76. The second kappa shape index (κ2) is 5.25. The minimum absolute atomic E-state index is 0.107. The van der Waals surface area contributed by atoms with Crippen LogP contribution in [-0.4, -0.2) is 43.5 Å². The van der Waals surface area contributed by atoms with Crippen LogP contribution in [0.4, 0.5) is 0 Å². The quantitative estimate of drug-likeness (QED) is 0.402. The first-order chi connectivity index (χ1) is 5.81. The van der Waals surface area contributed by atoms with E-state index in [0.717, 1.165) is 17.4 Å². The summed E-state index contributed by atoms with van der Waals surface area (Å²) in [6.07, 6.45) is 3.79. The Morgan fingerprint density at radius 3 is 2.46 bits per heavy atom. The fourth-order valence-electron chi connectivity index (χ4n) is 0.806. The zero-order chi connectivity index (χ0) is 10.5. The first-order valence-electron chi connectivity index (χ1n) is 4.23. The van der Waals surface area contributed by atoms with Crippen molar-refractivity contribution in [2.24, 2.45) is 5.73 Å². The molecule has 0 rings (SSSR count). The second-order valence-corrected chi connectivity index (χ2v) is 4.64. The van der Waals surface area contributed by atoms with Crippen LogP contribution in [0.15, 0.2) is 12.2 Å². The molecule has 0 aromatic carbocycles. The van der Waals surface area contributed by atoms with Crippen molar-refractivity contribution in [1.29, 1.82) is 0 Å². The highest BCUT2D eigenvalue weighted by atomic mass is 35.5. The summed E-state index contributed by atoms with van der Waals surface area (Å²) >= 11 is 5.93. The van der Waals surface area contributed by atoms with E-state index >= 15 is 0 Å². The zero-order valence-corrected chi connectivity index (χ0v) is 9.21. The van der Waals surface area contributed by atoms with Gasteiger partial charge in [0.05, 0.1) is 33.1 Å². The number of carbonyl (C=O) groups excluding carboxylic acids is 1. The number of alkyl halides is 1. The summed E-state index contributed by atoms with van der Waals surface area (Å²) in [5.41, 5.74) is 4.93. The third-order valence-electron chi connectivity index (χ3n) is 1.55. The monoisotopic (exact) mass is 205 g/mol. The van der Waals surface area contributed by atoms with Crippen LogP contribution in [0.25, 0.3) is 0 Å². The van der Waals surface area contributed by atoms with E-state index in [1.54, 1.807) is 6.08 Å². The van der Waals surface area contributed by atoms with E-state index in [0.29, 0.717) is 0 Å². The van der Waals surface area contributed by atoms with Gasteiger partial charge < -0.3 is 10.2 Å².